The molecule has 0 aliphatic carbocycles. The van der Waals surface area contributed by atoms with Gasteiger partial charge in [-0.2, -0.15) is 0 Å². The van der Waals surface area contributed by atoms with E-state index in [2.05, 4.69) is 0 Å². The zero-order valence-corrected chi connectivity index (χ0v) is 11.5. The second-order valence-electron chi connectivity index (χ2n) is 3.71. The molecule has 0 aliphatic rings. The highest BCUT2D eigenvalue weighted by Gasteiger charge is 2.30. The molecule has 1 unspecified atom stereocenters. The monoisotopic (exact) mass is 289 g/mol. The highest BCUT2D eigenvalue weighted by molar-refractivity contribution is 6.35. The summed E-state index contributed by atoms with van der Waals surface area (Å²) < 4.78 is 0. The van der Waals surface area contributed by atoms with Crippen LogP contribution in [0.25, 0.3) is 0 Å². The number of benzene rings is 1. The van der Waals surface area contributed by atoms with E-state index in [1.54, 1.807) is 13.0 Å². The first-order chi connectivity index (χ1) is 8.38. The Balaban J connectivity index is 3.27. The van der Waals surface area contributed by atoms with Crippen LogP contribution in [0.3, 0.4) is 0 Å². The number of aliphatic carboxylic acids is 1. The predicted octanol–water partition coefficient (Wildman–Crippen LogP) is 2.99. The van der Waals surface area contributed by atoms with Crippen molar-refractivity contribution in [2.24, 2.45) is 0 Å². The molecule has 1 N–H and O–H groups in total. The minimum absolute atomic E-state index is 0.231. The minimum atomic E-state index is -1.13. The van der Waals surface area contributed by atoms with E-state index < -0.39 is 12.0 Å². The molecule has 0 heterocycles. The van der Waals surface area contributed by atoms with Gasteiger partial charge >= 0.3 is 5.97 Å². The molecule has 1 aromatic rings. The Morgan fingerprint density at radius 2 is 2.00 bits per heavy atom. The fraction of sp³-hybridized carbons (Fsp3) is 0.333. The number of hydrogen-bond acceptors (Lipinski definition) is 2. The highest BCUT2D eigenvalue weighted by atomic mass is 35.5. The molecule has 1 atom stereocenters. The quantitative estimate of drug-likeness (QED) is 0.927. The SMILES string of the molecule is CCN(C(C)=O)C(C(=O)O)c1ccc(Cl)cc1Cl. The van der Waals surface area contributed by atoms with Crippen molar-refractivity contribution >= 4 is 35.1 Å². The Morgan fingerprint density at radius 3 is 2.39 bits per heavy atom. The molecule has 4 nitrogen and oxygen atoms in total. The Morgan fingerprint density at radius 1 is 1.39 bits per heavy atom. The summed E-state index contributed by atoms with van der Waals surface area (Å²) in [5.74, 6) is -1.45. The molecular weight excluding hydrogens is 277 g/mol. The first-order valence-electron chi connectivity index (χ1n) is 5.33. The maximum Gasteiger partial charge on any atom is 0.331 e. The molecule has 6 heteroatoms. The van der Waals surface area contributed by atoms with E-state index in [-0.39, 0.29) is 17.5 Å². The van der Waals surface area contributed by atoms with Gasteiger partial charge in [-0.25, -0.2) is 4.79 Å². The Kier molecular flexibility index (Phi) is 4.99. The summed E-state index contributed by atoms with van der Waals surface area (Å²) in [6.07, 6.45) is 0. The first kappa shape index (κ1) is 14.8. The van der Waals surface area contributed by atoms with Gasteiger partial charge in [-0.15, -0.1) is 0 Å². The molecule has 0 radical (unpaired) electrons. The third kappa shape index (κ3) is 3.15. The van der Waals surface area contributed by atoms with E-state index in [1.165, 1.54) is 24.0 Å². The third-order valence-corrected chi connectivity index (χ3v) is 3.11. The number of likely N-dealkylation sites (N-methyl/N-ethyl adjacent to an activating group) is 1. The summed E-state index contributed by atoms with van der Waals surface area (Å²) in [7, 11) is 0. The molecule has 0 saturated heterocycles. The Bertz CT molecular complexity index is 476. The smallest absolute Gasteiger partial charge is 0.331 e. The van der Waals surface area contributed by atoms with Gasteiger partial charge in [0.1, 0.15) is 0 Å². The standard InChI is InChI=1S/C12H13Cl2NO3/c1-3-15(7(2)16)11(12(17)18)9-5-4-8(13)6-10(9)14/h4-6,11H,3H2,1-2H3,(H,17,18). The zero-order chi connectivity index (χ0) is 13.9. The molecule has 0 saturated carbocycles. The minimum Gasteiger partial charge on any atom is -0.479 e. The number of carbonyl (C=O) groups excluding carboxylic acids is 1. The van der Waals surface area contributed by atoms with Crippen molar-refractivity contribution < 1.29 is 14.7 Å². The van der Waals surface area contributed by atoms with E-state index >= 15 is 0 Å². The first-order valence-corrected chi connectivity index (χ1v) is 6.09. The average Bonchev–Trinajstić information content (AvgIpc) is 2.26. The van der Waals surface area contributed by atoms with Gasteiger partial charge in [-0.1, -0.05) is 29.3 Å². The molecule has 0 bridgehead atoms. The molecule has 0 fully saturated rings. The number of carbonyl (C=O) groups is 2. The average molecular weight is 290 g/mol. The van der Waals surface area contributed by atoms with E-state index in [0.29, 0.717) is 10.6 Å². The molecule has 1 amide bonds. The van der Waals surface area contributed by atoms with Crippen LogP contribution in [-0.4, -0.2) is 28.4 Å². The van der Waals surface area contributed by atoms with Crippen molar-refractivity contribution in [2.45, 2.75) is 19.9 Å². The number of amides is 1. The molecule has 1 rings (SSSR count). The highest BCUT2D eigenvalue weighted by Crippen LogP contribution is 2.30. The maximum absolute atomic E-state index is 11.5. The maximum atomic E-state index is 11.5. The van der Waals surface area contributed by atoms with E-state index in [4.69, 9.17) is 23.2 Å². The van der Waals surface area contributed by atoms with Crippen LogP contribution in [0.2, 0.25) is 10.0 Å². The number of carboxylic acids is 1. The number of hydrogen-bond donors (Lipinski definition) is 1. The number of carboxylic acid groups (broad SMARTS) is 1. The normalized spacial score (nSPS) is 12.0. The summed E-state index contributed by atoms with van der Waals surface area (Å²) in [5, 5.41) is 9.93. The number of nitrogens with zero attached hydrogens (tertiary/aromatic N) is 1. The van der Waals surface area contributed by atoms with Crippen molar-refractivity contribution in [2.75, 3.05) is 6.54 Å². The van der Waals surface area contributed by atoms with Crippen LogP contribution < -0.4 is 0 Å². The summed E-state index contributed by atoms with van der Waals surface area (Å²) in [5.41, 5.74) is 0.352. The van der Waals surface area contributed by atoms with Gasteiger partial charge in [0, 0.05) is 29.1 Å². The van der Waals surface area contributed by atoms with Gasteiger partial charge in [0.05, 0.1) is 0 Å². The van der Waals surface area contributed by atoms with E-state index in [0.717, 1.165) is 0 Å². The second-order valence-corrected chi connectivity index (χ2v) is 4.56. The van der Waals surface area contributed by atoms with Crippen LogP contribution in [0.1, 0.15) is 25.5 Å². The largest absolute Gasteiger partial charge is 0.479 e. The van der Waals surface area contributed by atoms with E-state index in [1.807, 2.05) is 0 Å². The zero-order valence-electron chi connectivity index (χ0n) is 9.98. The number of halogens is 2. The third-order valence-electron chi connectivity index (χ3n) is 2.55. The summed E-state index contributed by atoms with van der Waals surface area (Å²) >= 11 is 11.8. The lowest BCUT2D eigenvalue weighted by atomic mass is 10.1. The Hall–Kier alpha value is -1.26. The van der Waals surface area contributed by atoms with Crippen molar-refractivity contribution in [3.63, 3.8) is 0 Å². The lowest BCUT2D eigenvalue weighted by Gasteiger charge is -2.27. The van der Waals surface area contributed by atoms with Crippen molar-refractivity contribution in [1.82, 2.24) is 4.90 Å². The lowest BCUT2D eigenvalue weighted by molar-refractivity contribution is -0.149. The summed E-state index contributed by atoms with van der Waals surface area (Å²) in [6.45, 7) is 3.32. The van der Waals surface area contributed by atoms with Crippen LogP contribution in [-0.2, 0) is 9.59 Å². The van der Waals surface area contributed by atoms with Crippen LogP contribution in [0.4, 0.5) is 0 Å². The fourth-order valence-corrected chi connectivity index (χ4v) is 2.26. The van der Waals surface area contributed by atoms with Crippen LogP contribution in [0.15, 0.2) is 18.2 Å². The van der Waals surface area contributed by atoms with Gasteiger partial charge in [0.15, 0.2) is 6.04 Å². The van der Waals surface area contributed by atoms with E-state index in [9.17, 15) is 14.7 Å². The summed E-state index contributed by atoms with van der Waals surface area (Å²) in [6, 6.07) is 3.43. The topological polar surface area (TPSA) is 57.6 Å². The van der Waals surface area contributed by atoms with Crippen LogP contribution in [0.5, 0.6) is 0 Å². The van der Waals surface area contributed by atoms with Crippen LogP contribution >= 0.6 is 23.2 Å². The van der Waals surface area contributed by atoms with Crippen molar-refractivity contribution in [3.8, 4) is 0 Å². The van der Waals surface area contributed by atoms with Gasteiger partial charge in [-0.3, -0.25) is 4.79 Å². The predicted molar refractivity (Wildman–Crippen MR) is 69.9 cm³/mol. The Labute approximate surface area is 115 Å². The lowest BCUT2D eigenvalue weighted by Crippen LogP contribution is -2.37. The molecule has 0 aromatic heterocycles. The molecular formula is C12H13Cl2NO3. The second kappa shape index (κ2) is 6.07. The summed E-state index contributed by atoms with van der Waals surface area (Å²) in [4.78, 5) is 24.1. The molecule has 1 aromatic carbocycles. The van der Waals surface area contributed by atoms with Crippen molar-refractivity contribution in [3.05, 3.63) is 33.8 Å². The molecule has 98 valence electrons. The van der Waals surface area contributed by atoms with Gasteiger partial charge in [0.2, 0.25) is 5.91 Å². The molecule has 0 spiro atoms. The molecule has 18 heavy (non-hydrogen) atoms. The van der Waals surface area contributed by atoms with Gasteiger partial charge in [0.25, 0.3) is 0 Å². The molecule has 0 aliphatic heterocycles. The van der Waals surface area contributed by atoms with Gasteiger partial charge < -0.3 is 10.0 Å². The van der Waals surface area contributed by atoms with Crippen molar-refractivity contribution in [1.29, 1.82) is 0 Å². The van der Waals surface area contributed by atoms with Crippen LogP contribution in [0, 0.1) is 0 Å². The fourth-order valence-electron chi connectivity index (χ4n) is 1.74. The number of rotatable bonds is 4. The van der Waals surface area contributed by atoms with Gasteiger partial charge in [-0.05, 0) is 19.1 Å².